The Labute approximate surface area is 137 Å². The predicted molar refractivity (Wildman–Crippen MR) is 82.4 cm³/mol. The summed E-state index contributed by atoms with van der Waals surface area (Å²) in [6.45, 7) is 4.20. The van der Waals surface area contributed by atoms with Crippen molar-refractivity contribution in [1.82, 2.24) is 15.1 Å². The van der Waals surface area contributed by atoms with E-state index in [0.29, 0.717) is 6.41 Å². The summed E-state index contributed by atoms with van der Waals surface area (Å²) in [6.07, 6.45) is 0.142. The summed E-state index contributed by atoms with van der Waals surface area (Å²) in [7, 11) is 0. The Morgan fingerprint density at radius 1 is 1.61 bits per heavy atom. The molecule has 6 nitrogen and oxygen atoms in total. The second-order valence-electron chi connectivity index (χ2n) is 6.56. The number of hydrogen-bond acceptors (Lipinski definition) is 5. The molecule has 130 valence electrons. The molecule has 0 radical (unpaired) electrons. The van der Waals surface area contributed by atoms with Gasteiger partial charge in [-0.3, -0.25) is 9.59 Å². The highest BCUT2D eigenvalue weighted by atomic mass is 32.2. The summed E-state index contributed by atoms with van der Waals surface area (Å²) in [5.74, 6) is -3.40. The molecule has 0 aromatic heterocycles. The number of hydrogen-bond donors (Lipinski definition) is 2. The standard InChI is InChI=1S/C14H21F2N3O3S/c1-9-4-14(15,16)7-18(9)11(21)10-5-23-12(17-8-20)19(10)6-13(2,3)22/h5,8-9,12,22H,4,6-7H2,1-3H3,(H,17,20)/t9?,12-/m0/s1. The van der Waals surface area contributed by atoms with Crippen molar-refractivity contribution >= 4 is 24.1 Å². The molecule has 2 atom stereocenters. The fourth-order valence-corrected chi connectivity index (χ4v) is 3.74. The largest absolute Gasteiger partial charge is 0.389 e. The van der Waals surface area contributed by atoms with Gasteiger partial charge in [-0.2, -0.15) is 0 Å². The summed E-state index contributed by atoms with van der Waals surface area (Å²) < 4.78 is 27.1. The van der Waals surface area contributed by atoms with Crippen LogP contribution in [0.3, 0.4) is 0 Å². The van der Waals surface area contributed by atoms with Gasteiger partial charge in [0.1, 0.15) is 5.70 Å². The minimum Gasteiger partial charge on any atom is -0.389 e. The van der Waals surface area contributed by atoms with E-state index in [1.54, 1.807) is 26.2 Å². The van der Waals surface area contributed by atoms with Crippen LogP contribution in [0.5, 0.6) is 0 Å². The van der Waals surface area contributed by atoms with E-state index in [9.17, 15) is 23.5 Å². The highest BCUT2D eigenvalue weighted by Crippen LogP contribution is 2.36. The Kier molecular flexibility index (Phi) is 4.91. The topological polar surface area (TPSA) is 72.9 Å². The van der Waals surface area contributed by atoms with Gasteiger partial charge in [0.15, 0.2) is 5.50 Å². The van der Waals surface area contributed by atoms with Crippen molar-refractivity contribution < 1.29 is 23.5 Å². The smallest absolute Gasteiger partial charge is 0.271 e. The van der Waals surface area contributed by atoms with Gasteiger partial charge in [0.05, 0.1) is 12.1 Å². The van der Waals surface area contributed by atoms with Crippen LogP contribution in [0.4, 0.5) is 8.78 Å². The second-order valence-corrected chi connectivity index (χ2v) is 7.51. The van der Waals surface area contributed by atoms with E-state index in [1.165, 1.54) is 16.7 Å². The van der Waals surface area contributed by atoms with Gasteiger partial charge in [0.25, 0.3) is 11.8 Å². The average Bonchev–Trinajstić information content (AvgIpc) is 2.88. The van der Waals surface area contributed by atoms with Gasteiger partial charge in [-0.15, -0.1) is 0 Å². The van der Waals surface area contributed by atoms with Crippen molar-refractivity contribution in [2.45, 2.75) is 50.3 Å². The quantitative estimate of drug-likeness (QED) is 0.723. The predicted octanol–water partition coefficient (Wildman–Crippen LogP) is 0.933. The second kappa shape index (κ2) is 6.27. The fourth-order valence-electron chi connectivity index (χ4n) is 2.77. The third-order valence-corrected chi connectivity index (χ3v) is 4.68. The van der Waals surface area contributed by atoms with E-state index in [1.807, 2.05) is 0 Å². The molecular formula is C14H21F2N3O3S. The lowest BCUT2D eigenvalue weighted by molar-refractivity contribution is -0.131. The molecule has 0 aliphatic carbocycles. The first-order valence-electron chi connectivity index (χ1n) is 7.27. The van der Waals surface area contributed by atoms with Crippen LogP contribution in [-0.4, -0.2) is 63.4 Å². The molecule has 0 aromatic rings. The lowest BCUT2D eigenvalue weighted by atomic mass is 10.1. The number of rotatable bonds is 5. The lowest BCUT2D eigenvalue weighted by Crippen LogP contribution is -2.49. The maximum Gasteiger partial charge on any atom is 0.271 e. The number of likely N-dealkylation sites (tertiary alicyclic amines) is 1. The van der Waals surface area contributed by atoms with Crippen molar-refractivity contribution in [2.75, 3.05) is 13.1 Å². The van der Waals surface area contributed by atoms with Crippen LogP contribution in [0.15, 0.2) is 11.1 Å². The molecule has 2 amide bonds. The number of nitrogens with one attached hydrogen (secondary N) is 1. The summed E-state index contributed by atoms with van der Waals surface area (Å²) in [6, 6.07) is -0.564. The van der Waals surface area contributed by atoms with Gasteiger partial charge < -0.3 is 20.2 Å². The van der Waals surface area contributed by atoms with Gasteiger partial charge in [0.2, 0.25) is 6.41 Å². The molecule has 0 bridgehead atoms. The normalized spacial score (nSPS) is 27.1. The van der Waals surface area contributed by atoms with Crippen LogP contribution < -0.4 is 5.32 Å². The minimum atomic E-state index is -2.89. The number of nitrogens with zero attached hydrogens (tertiary/aromatic N) is 2. The van der Waals surface area contributed by atoms with Crippen LogP contribution in [0.1, 0.15) is 27.2 Å². The first kappa shape index (κ1) is 18.0. The van der Waals surface area contributed by atoms with Crippen LogP contribution in [-0.2, 0) is 9.59 Å². The Balaban J connectivity index is 2.19. The zero-order valence-corrected chi connectivity index (χ0v) is 14.1. The minimum absolute atomic E-state index is 0.0850. The van der Waals surface area contributed by atoms with Crippen molar-refractivity contribution in [2.24, 2.45) is 0 Å². The van der Waals surface area contributed by atoms with Gasteiger partial charge in [-0.05, 0) is 20.8 Å². The van der Waals surface area contributed by atoms with Crippen LogP contribution in [0.2, 0.25) is 0 Å². The molecule has 2 heterocycles. The van der Waals surface area contributed by atoms with Gasteiger partial charge >= 0.3 is 0 Å². The van der Waals surface area contributed by atoms with Crippen LogP contribution >= 0.6 is 11.8 Å². The molecule has 1 saturated heterocycles. The number of aliphatic hydroxyl groups is 1. The van der Waals surface area contributed by atoms with E-state index in [4.69, 9.17) is 0 Å². The van der Waals surface area contributed by atoms with Gasteiger partial charge in [-0.25, -0.2) is 8.78 Å². The number of carbonyl (C=O) groups is 2. The Hall–Kier alpha value is -1.35. The number of carbonyl (C=O) groups excluding carboxylic acids is 2. The zero-order valence-electron chi connectivity index (χ0n) is 13.3. The Morgan fingerprint density at radius 2 is 2.26 bits per heavy atom. The third-order valence-electron chi connectivity index (χ3n) is 3.68. The van der Waals surface area contributed by atoms with Crippen LogP contribution in [0.25, 0.3) is 0 Å². The third kappa shape index (κ3) is 4.14. The fraction of sp³-hybridized carbons (Fsp3) is 0.714. The Bertz CT molecular complexity index is 522. The highest BCUT2D eigenvalue weighted by molar-refractivity contribution is 8.02. The molecule has 9 heteroatoms. The van der Waals surface area contributed by atoms with Crippen molar-refractivity contribution in [3.05, 3.63) is 11.1 Å². The van der Waals surface area contributed by atoms with Gasteiger partial charge in [-0.1, -0.05) is 11.8 Å². The summed E-state index contributed by atoms with van der Waals surface area (Å²) in [5, 5.41) is 14.1. The Morgan fingerprint density at radius 3 is 2.74 bits per heavy atom. The maximum atomic E-state index is 13.5. The van der Waals surface area contributed by atoms with Crippen molar-refractivity contribution in [1.29, 1.82) is 0 Å². The van der Waals surface area contributed by atoms with E-state index in [-0.39, 0.29) is 18.7 Å². The monoisotopic (exact) mass is 349 g/mol. The molecule has 1 unspecified atom stereocenters. The number of amides is 2. The molecule has 1 fully saturated rings. The van der Waals surface area contributed by atoms with Crippen LogP contribution in [0, 0.1) is 0 Å². The number of thioether (sulfide) groups is 1. The molecule has 2 aliphatic heterocycles. The summed E-state index contributed by atoms with van der Waals surface area (Å²) in [4.78, 5) is 26.1. The molecule has 23 heavy (non-hydrogen) atoms. The molecular weight excluding hydrogens is 328 g/mol. The van der Waals surface area contributed by atoms with Crippen molar-refractivity contribution in [3.63, 3.8) is 0 Å². The van der Waals surface area contributed by atoms with E-state index >= 15 is 0 Å². The van der Waals surface area contributed by atoms with Crippen molar-refractivity contribution in [3.8, 4) is 0 Å². The summed E-state index contributed by atoms with van der Waals surface area (Å²) in [5.41, 5.74) is -1.45. The number of β-amino-alcohol motifs (C(OH)–C–C–N with tert-alkyl or cyclic N) is 1. The molecule has 2 aliphatic rings. The molecule has 2 N–H and O–H groups in total. The highest BCUT2D eigenvalue weighted by Gasteiger charge is 2.47. The van der Waals surface area contributed by atoms with E-state index < -0.39 is 35.5 Å². The zero-order chi connectivity index (χ0) is 17.4. The van der Waals surface area contributed by atoms with Gasteiger partial charge in [0, 0.05) is 24.4 Å². The number of halogens is 2. The molecule has 0 spiro atoms. The first-order chi connectivity index (χ1) is 10.5. The molecule has 0 aromatic carbocycles. The maximum absolute atomic E-state index is 13.5. The number of alkyl halides is 2. The first-order valence-corrected chi connectivity index (χ1v) is 8.21. The average molecular weight is 349 g/mol. The van der Waals surface area contributed by atoms with E-state index in [0.717, 1.165) is 4.90 Å². The SMILES string of the molecule is CC1CC(F)(F)CN1C(=O)C1=CS[C@@H](NC=O)N1CC(C)(C)O. The summed E-state index contributed by atoms with van der Waals surface area (Å²) >= 11 is 1.19. The van der Waals surface area contributed by atoms with E-state index in [2.05, 4.69) is 5.32 Å². The molecule has 0 saturated carbocycles. The lowest BCUT2D eigenvalue weighted by Gasteiger charge is -2.34. The molecule has 2 rings (SSSR count).